The number of aromatic amines is 1. The number of fused-ring (bicyclic) bond motifs is 1. The molecule has 16 nitrogen and oxygen atoms in total. The first kappa shape index (κ1) is 51.4. The summed E-state index contributed by atoms with van der Waals surface area (Å²) in [6.45, 7) is 5.06. The van der Waals surface area contributed by atoms with E-state index >= 15 is 0 Å². The van der Waals surface area contributed by atoms with Crippen LogP contribution in [0.5, 0.6) is 5.75 Å². The molecular formula is C54H60N6O10. The summed E-state index contributed by atoms with van der Waals surface area (Å²) in [5.74, 6) is -3.73. The minimum absolute atomic E-state index is 0.00540. The van der Waals surface area contributed by atoms with Crippen LogP contribution in [-0.4, -0.2) is 82.6 Å². The number of carboxylic acid groups (broad SMARTS) is 1. The van der Waals surface area contributed by atoms with Crippen LogP contribution in [0.15, 0.2) is 146 Å². The van der Waals surface area contributed by atoms with Gasteiger partial charge < -0.3 is 50.9 Å². The van der Waals surface area contributed by atoms with Gasteiger partial charge in [-0.25, -0.2) is 9.59 Å². The molecule has 6 rings (SSSR count). The van der Waals surface area contributed by atoms with Crippen LogP contribution in [0.25, 0.3) is 10.9 Å². The second-order valence-corrected chi connectivity index (χ2v) is 17.3. The van der Waals surface area contributed by atoms with Crippen molar-refractivity contribution in [2.45, 2.75) is 90.1 Å². The van der Waals surface area contributed by atoms with Crippen molar-refractivity contribution in [2.24, 2.45) is 5.92 Å². The van der Waals surface area contributed by atoms with E-state index in [0.717, 1.165) is 27.6 Å². The Bertz CT molecular complexity index is 2640. The van der Waals surface area contributed by atoms with E-state index in [9.17, 15) is 33.9 Å². The lowest BCUT2D eigenvalue weighted by atomic mass is 10.0. The highest BCUT2D eigenvalue weighted by Crippen LogP contribution is 2.20. The summed E-state index contributed by atoms with van der Waals surface area (Å²) < 4.78 is 17.5. The first-order valence-corrected chi connectivity index (χ1v) is 23.1. The van der Waals surface area contributed by atoms with E-state index in [-0.39, 0.29) is 45.0 Å². The fraction of sp³-hybridized carbons (Fsp3) is 0.296. The van der Waals surface area contributed by atoms with Crippen molar-refractivity contribution in [1.82, 2.24) is 31.6 Å². The number of aliphatic carboxylic acids is 1. The normalized spacial score (nSPS) is 13.2. The molecule has 0 spiro atoms. The van der Waals surface area contributed by atoms with Gasteiger partial charge in [0, 0.05) is 29.9 Å². The number of carboxylic acids is 1. The quantitative estimate of drug-likeness (QED) is 0.0347. The molecule has 5 aromatic carbocycles. The molecule has 5 amide bonds. The highest BCUT2D eigenvalue weighted by molar-refractivity contribution is 5.96. The van der Waals surface area contributed by atoms with E-state index < -0.39 is 65.9 Å². The molecular weight excluding hydrogens is 893 g/mol. The fourth-order valence-corrected chi connectivity index (χ4v) is 7.51. The molecule has 0 unspecified atom stereocenters. The summed E-state index contributed by atoms with van der Waals surface area (Å²) in [7, 11) is 0. The first-order chi connectivity index (χ1) is 33.8. The van der Waals surface area contributed by atoms with Gasteiger partial charge in [-0.2, -0.15) is 0 Å². The molecule has 0 saturated heterocycles. The molecule has 0 fully saturated rings. The van der Waals surface area contributed by atoms with Crippen molar-refractivity contribution in [3.8, 4) is 5.75 Å². The van der Waals surface area contributed by atoms with Gasteiger partial charge in [0.05, 0.1) is 13.2 Å². The fourth-order valence-electron chi connectivity index (χ4n) is 7.51. The third-order valence-electron chi connectivity index (χ3n) is 11.3. The van der Waals surface area contributed by atoms with Crippen LogP contribution in [0, 0.1) is 5.92 Å². The molecule has 0 aliphatic heterocycles. The number of H-pyrrole nitrogens is 1. The van der Waals surface area contributed by atoms with Gasteiger partial charge in [0.15, 0.2) is 0 Å². The number of ether oxygens (including phenoxy) is 3. The Hall–Kier alpha value is -7.98. The van der Waals surface area contributed by atoms with Crippen LogP contribution in [0.1, 0.15) is 55.0 Å². The zero-order valence-electron chi connectivity index (χ0n) is 39.4. The average molecular weight is 953 g/mol. The van der Waals surface area contributed by atoms with Crippen LogP contribution in [0.2, 0.25) is 0 Å². The number of para-hydroxylation sites is 1. The van der Waals surface area contributed by atoms with E-state index in [2.05, 4.69) is 31.6 Å². The van der Waals surface area contributed by atoms with Crippen LogP contribution < -0.4 is 31.3 Å². The molecule has 0 bridgehead atoms. The number of benzene rings is 5. The summed E-state index contributed by atoms with van der Waals surface area (Å²) in [5, 5.41) is 23.9. The first-order valence-electron chi connectivity index (χ1n) is 23.1. The van der Waals surface area contributed by atoms with E-state index in [1.54, 1.807) is 42.6 Å². The number of alkyl carbamates (subject to hydrolysis) is 1. The third-order valence-corrected chi connectivity index (χ3v) is 11.3. The van der Waals surface area contributed by atoms with Gasteiger partial charge in [0.25, 0.3) is 0 Å². The average Bonchev–Trinajstić information content (AvgIpc) is 3.77. The molecule has 366 valence electrons. The predicted octanol–water partition coefficient (Wildman–Crippen LogP) is 6.13. The lowest BCUT2D eigenvalue weighted by molar-refractivity contribution is -0.142. The summed E-state index contributed by atoms with van der Waals surface area (Å²) >= 11 is 0. The van der Waals surface area contributed by atoms with Gasteiger partial charge >= 0.3 is 12.1 Å². The lowest BCUT2D eigenvalue weighted by Crippen LogP contribution is -2.60. The topological polar surface area (TPSA) is 226 Å². The number of hydrogen-bond donors (Lipinski definition) is 7. The van der Waals surface area contributed by atoms with Crippen LogP contribution in [0.4, 0.5) is 4.79 Å². The second kappa shape index (κ2) is 26.0. The monoisotopic (exact) mass is 952 g/mol. The number of nitrogens with one attached hydrogen (secondary N) is 6. The summed E-state index contributed by atoms with van der Waals surface area (Å²) in [6, 6.07) is 35.9. The SMILES string of the molecule is CC(C)C[C@@H](NC(=O)[C@@H](C)NC(=O)[C@H](Cc1ccc(OCc2ccccc2)cc1)NC(=O)[C@H](COCc1ccccc1)NC(=O)[C@H](Cc1c[nH]c2ccccc12)NC(=O)OCc1ccccc1)C(=O)O. The zero-order valence-corrected chi connectivity index (χ0v) is 39.4. The van der Waals surface area contributed by atoms with Crippen molar-refractivity contribution < 1.29 is 48.1 Å². The maximum absolute atomic E-state index is 14.6. The highest BCUT2D eigenvalue weighted by Gasteiger charge is 2.33. The summed E-state index contributed by atoms with van der Waals surface area (Å²) in [6.07, 6.45) is 0.978. The number of carbonyl (C=O) groups is 6. The Labute approximate surface area is 406 Å². The second-order valence-electron chi connectivity index (χ2n) is 17.3. The molecule has 0 saturated carbocycles. The van der Waals surface area contributed by atoms with Crippen molar-refractivity contribution >= 4 is 46.6 Å². The predicted molar refractivity (Wildman–Crippen MR) is 263 cm³/mol. The summed E-state index contributed by atoms with van der Waals surface area (Å²) in [4.78, 5) is 85.0. The number of rotatable bonds is 25. The van der Waals surface area contributed by atoms with Gasteiger partial charge in [-0.15, -0.1) is 0 Å². The molecule has 1 aromatic heterocycles. The van der Waals surface area contributed by atoms with Crippen LogP contribution in [0.3, 0.4) is 0 Å². The van der Waals surface area contributed by atoms with Gasteiger partial charge in [0.1, 0.15) is 49.2 Å². The Morgan fingerprint density at radius 3 is 1.69 bits per heavy atom. The van der Waals surface area contributed by atoms with Gasteiger partial charge in [0.2, 0.25) is 23.6 Å². The molecule has 7 N–H and O–H groups in total. The Morgan fingerprint density at radius 1 is 0.529 bits per heavy atom. The van der Waals surface area contributed by atoms with E-state index in [4.69, 9.17) is 14.2 Å². The van der Waals surface area contributed by atoms with Crippen molar-refractivity contribution in [3.05, 3.63) is 174 Å². The van der Waals surface area contributed by atoms with Crippen molar-refractivity contribution in [1.29, 1.82) is 0 Å². The zero-order chi connectivity index (χ0) is 49.8. The number of carbonyl (C=O) groups excluding carboxylic acids is 5. The standard InChI is InChI=1S/C54H60N6O10/c1-35(2)27-47(53(65)66)58-49(61)36(3)56-50(62)45(28-37-23-25-42(26-24-37)69-32-39-17-9-5-10-18-39)57-52(64)48(34-68-31-38-15-7-4-8-16-38)59-51(63)46(29-41-30-55-44-22-14-13-21-43(41)44)60-54(67)70-33-40-19-11-6-12-20-40/h4-26,30,35-36,45-48,55H,27-29,31-34H2,1-3H3,(H,56,62)(H,57,64)(H,58,61)(H,59,63)(H,60,67)(H,65,66)/t36-,45+,46+,47-,48+/m1/s1. The Balaban J connectivity index is 1.24. The van der Waals surface area contributed by atoms with Gasteiger partial charge in [-0.3, -0.25) is 19.2 Å². The van der Waals surface area contributed by atoms with E-state index in [0.29, 0.717) is 23.5 Å². The molecule has 0 radical (unpaired) electrons. The molecule has 6 aromatic rings. The van der Waals surface area contributed by atoms with Crippen molar-refractivity contribution in [2.75, 3.05) is 6.61 Å². The molecule has 16 heteroatoms. The summed E-state index contributed by atoms with van der Waals surface area (Å²) in [5.41, 5.74) is 4.65. The molecule has 0 aliphatic carbocycles. The molecule has 70 heavy (non-hydrogen) atoms. The van der Waals surface area contributed by atoms with E-state index in [1.165, 1.54) is 6.92 Å². The Kier molecular flexibility index (Phi) is 19.1. The smallest absolute Gasteiger partial charge is 0.408 e. The molecule has 5 atom stereocenters. The van der Waals surface area contributed by atoms with Crippen molar-refractivity contribution in [3.63, 3.8) is 0 Å². The third kappa shape index (κ3) is 16.1. The van der Waals surface area contributed by atoms with Gasteiger partial charge in [-0.1, -0.05) is 135 Å². The minimum Gasteiger partial charge on any atom is -0.489 e. The number of aromatic nitrogens is 1. The highest BCUT2D eigenvalue weighted by atomic mass is 16.5. The maximum atomic E-state index is 14.6. The molecule has 1 heterocycles. The maximum Gasteiger partial charge on any atom is 0.408 e. The largest absolute Gasteiger partial charge is 0.489 e. The number of amides is 5. The van der Waals surface area contributed by atoms with Crippen LogP contribution >= 0.6 is 0 Å². The van der Waals surface area contributed by atoms with Gasteiger partial charge in [-0.05, 0) is 65.3 Å². The van der Waals surface area contributed by atoms with Crippen LogP contribution in [-0.2, 0) is 66.1 Å². The Morgan fingerprint density at radius 2 is 1.06 bits per heavy atom. The minimum atomic E-state index is -1.42. The lowest BCUT2D eigenvalue weighted by Gasteiger charge is -2.26. The molecule has 0 aliphatic rings. The van der Waals surface area contributed by atoms with E-state index in [1.807, 2.05) is 117 Å². The number of hydrogen-bond acceptors (Lipinski definition) is 9.